The standard InChI is InChI=1S/C12H7BrClNO4/c13-10-4-3-9(19-10)11(16)15-8-2-1-6(14)5-7(8)12(17)18/h1-5H,(H,15,16)(H,17,18)/p-1. The SMILES string of the molecule is O=C(Nc1ccc(Cl)cc1C(=O)[O-])c1ccc(Br)o1. The van der Waals surface area contributed by atoms with Gasteiger partial charge in [0.25, 0.3) is 5.91 Å². The molecule has 0 fully saturated rings. The molecular weight excluding hydrogens is 337 g/mol. The summed E-state index contributed by atoms with van der Waals surface area (Å²) < 4.78 is 5.45. The fraction of sp³-hybridized carbons (Fsp3) is 0. The van der Waals surface area contributed by atoms with Crippen molar-refractivity contribution in [2.45, 2.75) is 0 Å². The highest BCUT2D eigenvalue weighted by Crippen LogP contribution is 2.22. The third-order valence-corrected chi connectivity index (χ3v) is 2.91. The maximum atomic E-state index is 11.8. The molecule has 0 spiro atoms. The molecule has 0 saturated heterocycles. The Hall–Kier alpha value is -1.79. The van der Waals surface area contributed by atoms with Gasteiger partial charge in [-0.25, -0.2) is 0 Å². The molecule has 19 heavy (non-hydrogen) atoms. The van der Waals surface area contributed by atoms with Gasteiger partial charge in [0.2, 0.25) is 0 Å². The molecule has 1 aromatic heterocycles. The second-order valence-electron chi connectivity index (χ2n) is 3.54. The zero-order valence-electron chi connectivity index (χ0n) is 9.28. The molecule has 0 aliphatic rings. The molecule has 0 saturated carbocycles. The number of amides is 1. The van der Waals surface area contributed by atoms with E-state index < -0.39 is 11.9 Å². The van der Waals surface area contributed by atoms with Crippen LogP contribution in [0.1, 0.15) is 20.9 Å². The number of benzene rings is 1. The summed E-state index contributed by atoms with van der Waals surface area (Å²) in [6.45, 7) is 0. The molecule has 1 heterocycles. The van der Waals surface area contributed by atoms with Gasteiger partial charge >= 0.3 is 0 Å². The van der Waals surface area contributed by atoms with Gasteiger partial charge in [-0.1, -0.05) is 11.6 Å². The summed E-state index contributed by atoms with van der Waals surface area (Å²) in [6, 6.07) is 7.04. The molecule has 1 N–H and O–H groups in total. The minimum absolute atomic E-state index is 0.0473. The van der Waals surface area contributed by atoms with Gasteiger partial charge in [-0.05, 0) is 46.3 Å². The van der Waals surface area contributed by atoms with Crippen molar-refractivity contribution in [3.63, 3.8) is 0 Å². The van der Waals surface area contributed by atoms with Gasteiger partial charge in [-0.15, -0.1) is 0 Å². The molecule has 0 unspecified atom stereocenters. The first-order valence-electron chi connectivity index (χ1n) is 5.05. The van der Waals surface area contributed by atoms with E-state index in [2.05, 4.69) is 21.2 Å². The van der Waals surface area contributed by atoms with Gasteiger partial charge in [0, 0.05) is 10.6 Å². The molecule has 0 aliphatic carbocycles. The molecule has 98 valence electrons. The number of hydrogen-bond donors (Lipinski definition) is 1. The summed E-state index contributed by atoms with van der Waals surface area (Å²) in [6.07, 6.45) is 0. The minimum atomic E-state index is -1.43. The van der Waals surface area contributed by atoms with E-state index >= 15 is 0 Å². The highest BCUT2D eigenvalue weighted by molar-refractivity contribution is 9.10. The monoisotopic (exact) mass is 342 g/mol. The van der Waals surface area contributed by atoms with E-state index in [-0.39, 0.29) is 22.0 Å². The fourth-order valence-electron chi connectivity index (χ4n) is 1.41. The maximum absolute atomic E-state index is 11.8. The first-order chi connectivity index (χ1) is 8.97. The molecular formula is C12H6BrClNO4-. The number of hydrogen-bond acceptors (Lipinski definition) is 4. The normalized spacial score (nSPS) is 10.2. The third-order valence-electron chi connectivity index (χ3n) is 2.25. The summed E-state index contributed by atoms with van der Waals surface area (Å²) in [4.78, 5) is 22.8. The Kier molecular flexibility index (Phi) is 3.92. The Balaban J connectivity index is 2.28. The molecule has 0 bridgehead atoms. The lowest BCUT2D eigenvalue weighted by Crippen LogP contribution is -2.24. The Bertz CT molecular complexity index is 653. The molecule has 0 radical (unpaired) electrons. The average molecular weight is 344 g/mol. The van der Waals surface area contributed by atoms with Gasteiger partial charge < -0.3 is 19.6 Å². The van der Waals surface area contributed by atoms with Crippen molar-refractivity contribution >= 4 is 45.1 Å². The largest absolute Gasteiger partial charge is 0.545 e. The Labute approximate surface area is 121 Å². The number of furan rings is 1. The highest BCUT2D eigenvalue weighted by atomic mass is 79.9. The minimum Gasteiger partial charge on any atom is -0.545 e. The van der Waals surface area contributed by atoms with Crippen molar-refractivity contribution < 1.29 is 19.1 Å². The first kappa shape index (κ1) is 13.6. The quantitative estimate of drug-likeness (QED) is 0.927. The summed E-state index contributed by atoms with van der Waals surface area (Å²) >= 11 is 8.75. The van der Waals surface area contributed by atoms with Crippen LogP contribution >= 0.6 is 27.5 Å². The van der Waals surface area contributed by atoms with Crippen LogP contribution in [-0.4, -0.2) is 11.9 Å². The topological polar surface area (TPSA) is 82.4 Å². The van der Waals surface area contributed by atoms with Crippen LogP contribution in [-0.2, 0) is 0 Å². The van der Waals surface area contributed by atoms with E-state index in [1.807, 2.05) is 0 Å². The summed E-state index contributed by atoms with van der Waals surface area (Å²) in [5, 5.41) is 13.6. The molecule has 1 aromatic carbocycles. The van der Waals surface area contributed by atoms with Crippen LogP contribution in [0.2, 0.25) is 5.02 Å². The number of rotatable bonds is 3. The lowest BCUT2D eigenvalue weighted by molar-refractivity contribution is -0.254. The number of halogens is 2. The zero-order chi connectivity index (χ0) is 14.0. The van der Waals surface area contributed by atoms with Crippen molar-refractivity contribution in [3.8, 4) is 0 Å². The van der Waals surface area contributed by atoms with E-state index in [0.717, 1.165) is 0 Å². The summed E-state index contributed by atoms with van der Waals surface area (Å²) in [5.41, 5.74) is -0.117. The van der Waals surface area contributed by atoms with E-state index in [1.54, 1.807) is 6.07 Å². The van der Waals surface area contributed by atoms with Crippen molar-refractivity contribution in [1.29, 1.82) is 0 Å². The molecule has 7 heteroatoms. The van der Waals surface area contributed by atoms with Gasteiger partial charge in [-0.3, -0.25) is 4.79 Å². The molecule has 1 amide bonds. The van der Waals surface area contributed by atoms with Gasteiger partial charge in [0.15, 0.2) is 10.4 Å². The van der Waals surface area contributed by atoms with Crippen LogP contribution in [0.15, 0.2) is 39.4 Å². The van der Waals surface area contributed by atoms with Crippen molar-refractivity contribution in [1.82, 2.24) is 0 Å². The predicted molar refractivity (Wildman–Crippen MR) is 70.1 cm³/mol. The van der Waals surface area contributed by atoms with Gasteiger partial charge in [-0.2, -0.15) is 0 Å². The van der Waals surface area contributed by atoms with Crippen LogP contribution in [0.4, 0.5) is 5.69 Å². The second kappa shape index (κ2) is 5.46. The van der Waals surface area contributed by atoms with Crippen LogP contribution in [0, 0.1) is 0 Å². The van der Waals surface area contributed by atoms with Crippen LogP contribution in [0.5, 0.6) is 0 Å². The van der Waals surface area contributed by atoms with E-state index in [0.29, 0.717) is 4.67 Å². The van der Waals surface area contributed by atoms with Crippen LogP contribution in [0.3, 0.4) is 0 Å². The third kappa shape index (κ3) is 3.15. The smallest absolute Gasteiger partial charge is 0.291 e. The first-order valence-corrected chi connectivity index (χ1v) is 6.22. The zero-order valence-corrected chi connectivity index (χ0v) is 11.6. The highest BCUT2D eigenvalue weighted by Gasteiger charge is 2.13. The lowest BCUT2D eigenvalue weighted by Gasteiger charge is -2.11. The number of nitrogens with one attached hydrogen (secondary N) is 1. The fourth-order valence-corrected chi connectivity index (χ4v) is 1.89. The van der Waals surface area contributed by atoms with E-state index in [9.17, 15) is 14.7 Å². The number of carbonyl (C=O) groups is 2. The van der Waals surface area contributed by atoms with Gasteiger partial charge in [0.1, 0.15) is 0 Å². The van der Waals surface area contributed by atoms with Crippen molar-refractivity contribution in [2.24, 2.45) is 0 Å². The molecule has 2 aromatic rings. The molecule has 5 nitrogen and oxygen atoms in total. The van der Waals surface area contributed by atoms with E-state index in [4.69, 9.17) is 16.0 Å². The number of aromatic carboxylic acids is 1. The van der Waals surface area contributed by atoms with Crippen LogP contribution in [0.25, 0.3) is 0 Å². The number of anilines is 1. The Morgan fingerprint density at radius 2 is 2.00 bits per heavy atom. The predicted octanol–water partition coefficient (Wildman–Crippen LogP) is 2.31. The Morgan fingerprint density at radius 1 is 1.26 bits per heavy atom. The molecule has 0 atom stereocenters. The number of carboxylic acid groups (broad SMARTS) is 1. The van der Waals surface area contributed by atoms with Crippen LogP contribution < -0.4 is 10.4 Å². The van der Waals surface area contributed by atoms with Crippen molar-refractivity contribution in [3.05, 3.63) is 51.3 Å². The van der Waals surface area contributed by atoms with E-state index in [1.165, 1.54) is 24.3 Å². The lowest BCUT2D eigenvalue weighted by atomic mass is 10.1. The maximum Gasteiger partial charge on any atom is 0.291 e. The van der Waals surface area contributed by atoms with Gasteiger partial charge in [0.05, 0.1) is 11.7 Å². The average Bonchev–Trinajstić information content (AvgIpc) is 2.78. The molecule has 0 aliphatic heterocycles. The summed E-state index contributed by atoms with van der Waals surface area (Å²) in [7, 11) is 0. The Morgan fingerprint density at radius 3 is 2.58 bits per heavy atom. The second-order valence-corrected chi connectivity index (χ2v) is 4.75. The van der Waals surface area contributed by atoms with Crippen molar-refractivity contribution in [2.75, 3.05) is 5.32 Å². The number of carbonyl (C=O) groups excluding carboxylic acids is 2. The molecule has 2 rings (SSSR count). The number of carboxylic acids is 1. The summed E-state index contributed by atoms with van der Waals surface area (Å²) in [5.74, 6) is -1.96.